The first-order chi connectivity index (χ1) is 13.3. The van der Waals surface area contributed by atoms with Crippen LogP contribution in [0.1, 0.15) is 11.6 Å². The van der Waals surface area contributed by atoms with Crippen LogP contribution in [-0.4, -0.2) is 51.0 Å². The van der Waals surface area contributed by atoms with Gasteiger partial charge in [0.2, 0.25) is 11.9 Å². The molecule has 9 nitrogen and oxygen atoms in total. The van der Waals surface area contributed by atoms with Crippen LogP contribution in [-0.2, 0) is 13.1 Å². The van der Waals surface area contributed by atoms with E-state index in [9.17, 15) is 0 Å². The van der Waals surface area contributed by atoms with Gasteiger partial charge in [-0.1, -0.05) is 6.07 Å². The lowest BCUT2D eigenvalue weighted by Gasteiger charge is -2.34. The number of hydrogen-bond donors (Lipinski definition) is 2. The summed E-state index contributed by atoms with van der Waals surface area (Å²) >= 11 is 0. The van der Waals surface area contributed by atoms with Crippen molar-refractivity contribution in [1.29, 1.82) is 0 Å². The average molecular weight is 366 g/mol. The monoisotopic (exact) mass is 366 g/mol. The molecule has 9 heteroatoms. The van der Waals surface area contributed by atoms with Gasteiger partial charge in [0.25, 0.3) is 0 Å². The van der Waals surface area contributed by atoms with Crippen LogP contribution >= 0.6 is 0 Å². The zero-order valence-electron chi connectivity index (χ0n) is 15.0. The molecule has 27 heavy (non-hydrogen) atoms. The van der Waals surface area contributed by atoms with Crippen molar-refractivity contribution in [3.05, 3.63) is 54.4 Å². The van der Waals surface area contributed by atoms with Crippen molar-refractivity contribution in [1.82, 2.24) is 24.8 Å². The minimum Gasteiger partial charge on any atom is -0.467 e. The van der Waals surface area contributed by atoms with E-state index >= 15 is 0 Å². The molecule has 3 aromatic heterocycles. The van der Waals surface area contributed by atoms with Gasteiger partial charge in [0, 0.05) is 32.4 Å². The van der Waals surface area contributed by atoms with Crippen molar-refractivity contribution in [2.24, 2.45) is 0 Å². The maximum atomic E-state index is 5.85. The lowest BCUT2D eigenvalue weighted by molar-refractivity contribution is 0.243. The summed E-state index contributed by atoms with van der Waals surface area (Å²) < 4.78 is 5.30. The number of piperazine rings is 1. The third kappa shape index (κ3) is 4.50. The fraction of sp³-hybridized carbons (Fsp3) is 0.333. The molecule has 3 N–H and O–H groups in total. The van der Waals surface area contributed by atoms with E-state index in [0.717, 1.165) is 37.8 Å². The lowest BCUT2D eigenvalue weighted by atomic mass is 10.3. The SMILES string of the molecule is Nc1nc(CN2CCN(c3ccccn3)CC2)nc(NCc2ccco2)n1. The zero-order chi connectivity index (χ0) is 18.5. The second-order valence-corrected chi connectivity index (χ2v) is 6.32. The topological polar surface area (TPSA) is 109 Å². The first-order valence-electron chi connectivity index (χ1n) is 8.91. The molecule has 0 saturated carbocycles. The molecular weight excluding hydrogens is 344 g/mol. The Balaban J connectivity index is 1.34. The predicted molar refractivity (Wildman–Crippen MR) is 102 cm³/mol. The zero-order valence-corrected chi connectivity index (χ0v) is 15.0. The van der Waals surface area contributed by atoms with E-state index in [1.54, 1.807) is 6.26 Å². The molecule has 0 atom stereocenters. The van der Waals surface area contributed by atoms with Gasteiger partial charge < -0.3 is 20.4 Å². The summed E-state index contributed by atoms with van der Waals surface area (Å²) in [6.07, 6.45) is 3.46. The number of anilines is 3. The van der Waals surface area contributed by atoms with Gasteiger partial charge in [-0.2, -0.15) is 15.0 Å². The van der Waals surface area contributed by atoms with E-state index in [0.29, 0.717) is 24.9 Å². The fourth-order valence-electron chi connectivity index (χ4n) is 3.04. The molecule has 3 aromatic rings. The second kappa shape index (κ2) is 8.00. The smallest absolute Gasteiger partial charge is 0.228 e. The third-order valence-electron chi connectivity index (χ3n) is 4.41. The minimum absolute atomic E-state index is 0.217. The highest BCUT2D eigenvalue weighted by molar-refractivity contribution is 5.38. The van der Waals surface area contributed by atoms with Crippen LogP contribution in [0.3, 0.4) is 0 Å². The van der Waals surface area contributed by atoms with Crippen LogP contribution in [0, 0.1) is 0 Å². The van der Waals surface area contributed by atoms with Gasteiger partial charge in [0.1, 0.15) is 17.4 Å². The molecule has 0 radical (unpaired) electrons. The fourth-order valence-corrected chi connectivity index (χ4v) is 3.04. The van der Waals surface area contributed by atoms with Crippen molar-refractivity contribution in [3.63, 3.8) is 0 Å². The molecule has 4 heterocycles. The Morgan fingerprint density at radius 2 is 1.93 bits per heavy atom. The predicted octanol–water partition coefficient (Wildman–Crippen LogP) is 1.38. The molecule has 0 spiro atoms. The third-order valence-corrected chi connectivity index (χ3v) is 4.41. The van der Waals surface area contributed by atoms with E-state index in [2.05, 4.69) is 35.1 Å². The lowest BCUT2D eigenvalue weighted by Crippen LogP contribution is -2.46. The van der Waals surface area contributed by atoms with Gasteiger partial charge in [0.05, 0.1) is 19.4 Å². The maximum absolute atomic E-state index is 5.85. The molecule has 140 valence electrons. The summed E-state index contributed by atoms with van der Waals surface area (Å²) in [7, 11) is 0. The molecule has 1 saturated heterocycles. The Morgan fingerprint density at radius 3 is 2.67 bits per heavy atom. The van der Waals surface area contributed by atoms with Crippen LogP contribution < -0.4 is 16.0 Å². The molecule has 0 unspecified atom stereocenters. The largest absolute Gasteiger partial charge is 0.467 e. The minimum atomic E-state index is 0.217. The normalized spacial score (nSPS) is 15.0. The van der Waals surface area contributed by atoms with E-state index in [1.807, 2.05) is 36.5 Å². The number of nitrogens with zero attached hydrogens (tertiary/aromatic N) is 6. The van der Waals surface area contributed by atoms with E-state index in [4.69, 9.17) is 10.2 Å². The highest BCUT2D eigenvalue weighted by Crippen LogP contribution is 2.14. The highest BCUT2D eigenvalue weighted by Gasteiger charge is 2.19. The number of pyridine rings is 1. The van der Waals surface area contributed by atoms with Crippen molar-refractivity contribution < 1.29 is 4.42 Å². The summed E-state index contributed by atoms with van der Waals surface area (Å²) in [5, 5.41) is 3.12. The Labute approximate surface area is 157 Å². The number of furan rings is 1. The van der Waals surface area contributed by atoms with Crippen LogP contribution in [0.2, 0.25) is 0 Å². The van der Waals surface area contributed by atoms with Crippen LogP contribution in [0.5, 0.6) is 0 Å². The van der Waals surface area contributed by atoms with E-state index < -0.39 is 0 Å². The van der Waals surface area contributed by atoms with Gasteiger partial charge >= 0.3 is 0 Å². The first kappa shape index (κ1) is 17.2. The second-order valence-electron chi connectivity index (χ2n) is 6.32. The van der Waals surface area contributed by atoms with Crippen LogP contribution in [0.25, 0.3) is 0 Å². The van der Waals surface area contributed by atoms with Crippen molar-refractivity contribution in [2.75, 3.05) is 42.1 Å². The average Bonchev–Trinajstić information content (AvgIpc) is 3.21. The molecular formula is C18H22N8O. The highest BCUT2D eigenvalue weighted by atomic mass is 16.3. The summed E-state index contributed by atoms with van der Waals surface area (Å²) in [5.41, 5.74) is 5.85. The molecule has 1 fully saturated rings. The van der Waals surface area contributed by atoms with Gasteiger partial charge in [0.15, 0.2) is 0 Å². The maximum Gasteiger partial charge on any atom is 0.228 e. The number of hydrogen-bond acceptors (Lipinski definition) is 9. The first-order valence-corrected chi connectivity index (χ1v) is 8.91. The Morgan fingerprint density at radius 1 is 1.04 bits per heavy atom. The van der Waals surface area contributed by atoms with Gasteiger partial charge in [-0.15, -0.1) is 0 Å². The summed E-state index contributed by atoms with van der Waals surface area (Å²) in [6.45, 7) is 4.80. The van der Waals surface area contributed by atoms with Gasteiger partial charge in [-0.25, -0.2) is 4.98 Å². The number of aromatic nitrogens is 4. The van der Waals surface area contributed by atoms with Gasteiger partial charge in [-0.05, 0) is 24.3 Å². The Hall–Kier alpha value is -3.20. The molecule has 0 bridgehead atoms. The van der Waals surface area contributed by atoms with Crippen LogP contribution in [0.15, 0.2) is 47.2 Å². The molecule has 0 amide bonds. The molecule has 0 aliphatic carbocycles. The summed E-state index contributed by atoms with van der Waals surface area (Å²) in [6, 6.07) is 9.72. The van der Waals surface area contributed by atoms with E-state index in [1.165, 1.54) is 0 Å². The number of nitrogens with one attached hydrogen (secondary N) is 1. The standard InChI is InChI=1S/C18H22N8O/c19-17-22-15(23-18(24-17)21-12-14-4-3-11-27-14)13-25-7-9-26(10-8-25)16-5-1-2-6-20-16/h1-6,11H,7-10,12-13H2,(H3,19,21,22,23,24). The molecule has 1 aliphatic heterocycles. The number of nitrogens with two attached hydrogens (primary N) is 1. The van der Waals surface area contributed by atoms with Crippen molar-refractivity contribution in [3.8, 4) is 0 Å². The molecule has 1 aliphatic rings. The Kier molecular flexibility index (Phi) is 5.10. The van der Waals surface area contributed by atoms with Crippen LogP contribution in [0.4, 0.5) is 17.7 Å². The van der Waals surface area contributed by atoms with E-state index in [-0.39, 0.29) is 5.95 Å². The van der Waals surface area contributed by atoms with Gasteiger partial charge in [-0.3, -0.25) is 4.90 Å². The number of rotatable bonds is 6. The summed E-state index contributed by atoms with van der Waals surface area (Å²) in [5.74, 6) is 3.16. The molecule has 4 rings (SSSR count). The molecule has 0 aromatic carbocycles. The summed E-state index contributed by atoms with van der Waals surface area (Å²) in [4.78, 5) is 21.9. The van der Waals surface area contributed by atoms with Crippen molar-refractivity contribution >= 4 is 17.7 Å². The number of nitrogen functional groups attached to an aromatic ring is 1. The Bertz CT molecular complexity index is 847. The van der Waals surface area contributed by atoms with Crippen molar-refractivity contribution in [2.45, 2.75) is 13.1 Å². The quantitative estimate of drug-likeness (QED) is 0.668.